The maximum Gasteiger partial charge on any atom is 0.193 e. The molecule has 0 heterocycles. The number of rotatable bonds is 2. The van der Waals surface area contributed by atoms with Crippen LogP contribution >= 0.6 is 0 Å². The summed E-state index contributed by atoms with van der Waals surface area (Å²) >= 11 is 0. The second kappa shape index (κ2) is 5.01. The third-order valence-corrected chi connectivity index (χ3v) is 4.21. The summed E-state index contributed by atoms with van der Waals surface area (Å²) in [5.74, 6) is -0.00194. The van der Waals surface area contributed by atoms with E-state index in [1.165, 1.54) is 0 Å². The van der Waals surface area contributed by atoms with Gasteiger partial charge in [0, 0.05) is 16.8 Å². The molecule has 0 fully saturated rings. The lowest BCUT2D eigenvalue weighted by atomic mass is 9.92. The van der Waals surface area contributed by atoms with Gasteiger partial charge in [0.1, 0.15) is 0 Å². The van der Waals surface area contributed by atoms with Gasteiger partial charge in [-0.05, 0) is 42.6 Å². The fourth-order valence-corrected chi connectivity index (χ4v) is 2.69. The van der Waals surface area contributed by atoms with Gasteiger partial charge in [-0.15, -0.1) is 0 Å². The second-order valence-corrected chi connectivity index (χ2v) is 5.23. The zero-order chi connectivity index (χ0) is 14.2. The number of carbonyl (C=O) groups is 1. The normalized spacial score (nSPS) is 10.5. The molecule has 0 aliphatic carbocycles. The molecule has 0 saturated carbocycles. The highest BCUT2D eigenvalue weighted by Crippen LogP contribution is 2.23. The van der Waals surface area contributed by atoms with E-state index < -0.39 is 0 Å². The van der Waals surface area contributed by atoms with E-state index in [2.05, 4.69) is 10.2 Å². The van der Waals surface area contributed by atoms with Crippen LogP contribution in [0.25, 0.3) is 0 Å². The van der Waals surface area contributed by atoms with E-state index in [1.807, 2.05) is 51.1 Å². The molecule has 0 unspecified atom stereocenters. The quantitative estimate of drug-likeness (QED) is 0.514. The Morgan fingerprint density at radius 2 is 1.58 bits per heavy atom. The van der Waals surface area contributed by atoms with Crippen molar-refractivity contribution in [3.63, 3.8) is 0 Å². The van der Waals surface area contributed by atoms with Crippen LogP contribution in [0.15, 0.2) is 30.3 Å². The topological polar surface area (TPSA) is 43.1 Å². The summed E-state index contributed by atoms with van der Waals surface area (Å²) in [6.45, 7) is 5.92. The zero-order valence-electron chi connectivity index (χ0n) is 11.4. The number of ketones is 1. The molecule has 0 spiro atoms. The molecule has 0 amide bonds. The first-order chi connectivity index (χ1) is 8.95. The SMILES string of the molecule is Cc1c(C)c(N)c([Si])c(C(=O)c2ccccc2)c1C. The van der Waals surface area contributed by atoms with Crippen molar-refractivity contribution in [3.8, 4) is 0 Å². The molecule has 19 heavy (non-hydrogen) atoms. The maximum absolute atomic E-state index is 12.6. The summed E-state index contributed by atoms with van der Waals surface area (Å²) in [7, 11) is 3.53. The monoisotopic (exact) mass is 266 g/mol. The van der Waals surface area contributed by atoms with Crippen molar-refractivity contribution in [2.24, 2.45) is 0 Å². The van der Waals surface area contributed by atoms with Crippen molar-refractivity contribution < 1.29 is 4.79 Å². The molecule has 3 radical (unpaired) electrons. The van der Waals surface area contributed by atoms with E-state index in [-0.39, 0.29) is 5.78 Å². The van der Waals surface area contributed by atoms with Gasteiger partial charge in [-0.3, -0.25) is 4.79 Å². The fraction of sp³-hybridized carbons (Fsp3) is 0.188. The molecule has 0 aliphatic heterocycles. The molecule has 0 atom stereocenters. The number of hydrogen-bond acceptors (Lipinski definition) is 2. The molecule has 0 aliphatic rings. The Morgan fingerprint density at radius 3 is 2.16 bits per heavy atom. The molecule has 2 nitrogen and oxygen atoms in total. The van der Waals surface area contributed by atoms with Gasteiger partial charge in [0.25, 0.3) is 0 Å². The van der Waals surface area contributed by atoms with E-state index in [1.54, 1.807) is 0 Å². The van der Waals surface area contributed by atoms with Gasteiger partial charge >= 0.3 is 0 Å². The van der Waals surface area contributed by atoms with E-state index in [0.29, 0.717) is 22.0 Å². The van der Waals surface area contributed by atoms with Crippen LogP contribution in [-0.2, 0) is 0 Å². The van der Waals surface area contributed by atoms with Gasteiger partial charge in [-0.1, -0.05) is 30.3 Å². The second-order valence-electron chi connectivity index (χ2n) is 4.73. The summed E-state index contributed by atoms with van der Waals surface area (Å²) in [4.78, 5) is 12.6. The van der Waals surface area contributed by atoms with Crippen LogP contribution in [0.2, 0.25) is 0 Å². The minimum atomic E-state index is -0.00194. The van der Waals surface area contributed by atoms with Crippen molar-refractivity contribution in [3.05, 3.63) is 58.1 Å². The number of benzene rings is 2. The molecule has 2 N–H and O–H groups in total. The molecule has 2 aromatic rings. The lowest BCUT2D eigenvalue weighted by molar-refractivity contribution is 0.103. The average Bonchev–Trinajstić information content (AvgIpc) is 2.44. The molecule has 0 bridgehead atoms. The Hall–Kier alpha value is -1.87. The van der Waals surface area contributed by atoms with Crippen LogP contribution in [0.1, 0.15) is 32.6 Å². The van der Waals surface area contributed by atoms with E-state index in [9.17, 15) is 4.79 Å². The van der Waals surface area contributed by atoms with Gasteiger partial charge in [-0.2, -0.15) is 0 Å². The van der Waals surface area contributed by atoms with Crippen molar-refractivity contribution >= 4 is 26.9 Å². The summed E-state index contributed by atoms with van der Waals surface area (Å²) in [6.07, 6.45) is 0. The van der Waals surface area contributed by atoms with Crippen molar-refractivity contribution in [2.75, 3.05) is 5.73 Å². The first-order valence-electron chi connectivity index (χ1n) is 6.15. The molecule has 0 saturated heterocycles. The van der Waals surface area contributed by atoms with Gasteiger partial charge < -0.3 is 5.73 Å². The molecule has 2 rings (SSSR count). The third kappa shape index (κ3) is 2.21. The summed E-state index contributed by atoms with van der Waals surface area (Å²) in [5, 5.41) is 0.689. The van der Waals surface area contributed by atoms with E-state index in [0.717, 1.165) is 16.7 Å². The lowest BCUT2D eigenvalue weighted by Gasteiger charge is -2.17. The van der Waals surface area contributed by atoms with Crippen molar-refractivity contribution in [2.45, 2.75) is 20.8 Å². The predicted molar refractivity (Wildman–Crippen MR) is 80.3 cm³/mol. The van der Waals surface area contributed by atoms with Gasteiger partial charge in [0.2, 0.25) is 0 Å². The summed E-state index contributed by atoms with van der Waals surface area (Å²) in [6, 6.07) is 9.26. The first kappa shape index (κ1) is 13.6. The van der Waals surface area contributed by atoms with Crippen LogP contribution in [0.3, 0.4) is 0 Å². The Kier molecular flexibility index (Phi) is 3.58. The van der Waals surface area contributed by atoms with Crippen LogP contribution in [0.4, 0.5) is 5.69 Å². The van der Waals surface area contributed by atoms with Crippen molar-refractivity contribution in [1.29, 1.82) is 0 Å². The number of anilines is 1. The highest BCUT2D eigenvalue weighted by atomic mass is 28.1. The number of carbonyl (C=O) groups excluding carboxylic acids is 1. The fourth-order valence-electron chi connectivity index (χ4n) is 2.20. The minimum absolute atomic E-state index is 0.00194. The van der Waals surface area contributed by atoms with Crippen LogP contribution in [0, 0.1) is 20.8 Å². The average molecular weight is 266 g/mol. The predicted octanol–water partition coefficient (Wildman–Crippen LogP) is 2.22. The zero-order valence-corrected chi connectivity index (χ0v) is 12.4. The molecule has 0 aromatic heterocycles. The smallest absolute Gasteiger partial charge is 0.193 e. The largest absolute Gasteiger partial charge is 0.399 e. The van der Waals surface area contributed by atoms with E-state index >= 15 is 0 Å². The minimum Gasteiger partial charge on any atom is -0.399 e. The van der Waals surface area contributed by atoms with Crippen LogP contribution < -0.4 is 10.9 Å². The number of nitrogen functional groups attached to an aromatic ring is 1. The molecule has 95 valence electrons. The number of nitrogens with two attached hydrogens (primary N) is 1. The summed E-state index contributed by atoms with van der Waals surface area (Å²) < 4.78 is 0. The highest BCUT2D eigenvalue weighted by Gasteiger charge is 2.19. The third-order valence-electron chi connectivity index (χ3n) is 3.69. The van der Waals surface area contributed by atoms with Crippen LogP contribution in [-0.4, -0.2) is 16.0 Å². The van der Waals surface area contributed by atoms with Gasteiger partial charge in [-0.25, -0.2) is 0 Å². The Morgan fingerprint density at radius 1 is 1.00 bits per heavy atom. The van der Waals surface area contributed by atoms with E-state index in [4.69, 9.17) is 5.73 Å². The Balaban J connectivity index is 2.67. The first-order valence-corrected chi connectivity index (χ1v) is 6.65. The molecular formula is C16H16NOSi. The maximum atomic E-state index is 12.6. The molecule has 2 aromatic carbocycles. The molecular weight excluding hydrogens is 250 g/mol. The van der Waals surface area contributed by atoms with Crippen molar-refractivity contribution in [1.82, 2.24) is 0 Å². The standard InChI is InChI=1S/C16H16NOSi/c1-9-10(2)13(16(19)14(17)11(9)3)15(18)12-7-5-4-6-8-12/h4-8H,17H2,1-3H3. The Labute approximate surface area is 117 Å². The van der Waals surface area contributed by atoms with Gasteiger partial charge in [0.05, 0.1) is 10.2 Å². The highest BCUT2D eigenvalue weighted by molar-refractivity contribution is 6.41. The van der Waals surface area contributed by atoms with Gasteiger partial charge in [0.15, 0.2) is 5.78 Å². The lowest BCUT2D eigenvalue weighted by Crippen LogP contribution is -2.24. The molecule has 3 heteroatoms. The number of hydrogen-bond donors (Lipinski definition) is 1. The Bertz CT molecular complexity index is 619. The van der Waals surface area contributed by atoms with Crippen LogP contribution in [0.5, 0.6) is 0 Å². The summed E-state index contributed by atoms with van der Waals surface area (Å²) in [5.41, 5.74) is 11.1.